The predicted molar refractivity (Wildman–Crippen MR) is 76.5 cm³/mol. The van der Waals surface area contributed by atoms with E-state index in [1.54, 1.807) is 4.90 Å². The summed E-state index contributed by atoms with van der Waals surface area (Å²) in [5.41, 5.74) is 0. The van der Waals surface area contributed by atoms with Gasteiger partial charge in [0.05, 0.1) is 12.5 Å². The number of carbonyl (C=O) groups is 2. The molecule has 0 saturated heterocycles. The molecule has 2 saturated carbocycles. The van der Waals surface area contributed by atoms with Crippen LogP contribution in [0.1, 0.15) is 51.4 Å². The lowest BCUT2D eigenvalue weighted by molar-refractivity contribution is -0.141. The minimum atomic E-state index is -0.953. The normalized spacial score (nSPS) is 20.3. The maximum Gasteiger partial charge on any atom is 0.326 e. The van der Waals surface area contributed by atoms with Gasteiger partial charge in [-0.15, -0.1) is 0 Å². The van der Waals surface area contributed by atoms with Gasteiger partial charge in [0, 0.05) is 12.6 Å². The zero-order chi connectivity index (χ0) is 15.2. The molecule has 0 heterocycles. The maximum absolute atomic E-state index is 12.3. The lowest BCUT2D eigenvalue weighted by Gasteiger charge is -2.30. The van der Waals surface area contributed by atoms with Gasteiger partial charge in [-0.05, 0) is 31.6 Å². The SMILES string of the molecule is N#CCCN(C(=O)NC(C(=O)O)C1CCCCC1)C1CC1. The van der Waals surface area contributed by atoms with Crippen molar-refractivity contribution in [3.05, 3.63) is 0 Å². The maximum atomic E-state index is 12.3. The Labute approximate surface area is 125 Å². The number of carboxylic acid groups (broad SMARTS) is 1. The first-order chi connectivity index (χ1) is 10.1. The Balaban J connectivity index is 1.95. The first kappa shape index (κ1) is 15.6. The standard InChI is InChI=1S/C15H23N3O3/c16-9-4-10-18(12-7-8-12)15(21)17-13(14(19)20)11-5-2-1-3-6-11/h11-13H,1-8,10H2,(H,17,21)(H,19,20). The molecule has 0 bridgehead atoms. The number of nitriles is 1. The van der Waals surface area contributed by atoms with Gasteiger partial charge >= 0.3 is 12.0 Å². The number of rotatable bonds is 6. The molecule has 2 fully saturated rings. The molecule has 0 aromatic heterocycles. The fourth-order valence-electron chi connectivity index (χ4n) is 3.07. The molecule has 0 aromatic rings. The second-order valence-corrected chi connectivity index (χ2v) is 6.00. The second kappa shape index (κ2) is 7.30. The molecule has 21 heavy (non-hydrogen) atoms. The van der Waals surface area contributed by atoms with Crippen LogP contribution >= 0.6 is 0 Å². The first-order valence-corrected chi connectivity index (χ1v) is 7.80. The molecule has 2 N–H and O–H groups in total. The molecular formula is C15H23N3O3. The Bertz CT molecular complexity index is 422. The first-order valence-electron chi connectivity index (χ1n) is 7.80. The van der Waals surface area contributed by atoms with Crippen LogP contribution in [0.25, 0.3) is 0 Å². The fourth-order valence-corrected chi connectivity index (χ4v) is 3.07. The van der Waals surface area contributed by atoms with Gasteiger partial charge in [0.1, 0.15) is 6.04 Å². The van der Waals surface area contributed by atoms with Crippen LogP contribution in [0, 0.1) is 17.2 Å². The van der Waals surface area contributed by atoms with Gasteiger partial charge in [-0.3, -0.25) is 0 Å². The summed E-state index contributed by atoms with van der Waals surface area (Å²) in [7, 11) is 0. The molecule has 2 aliphatic carbocycles. The van der Waals surface area contributed by atoms with Crippen LogP contribution in [0.15, 0.2) is 0 Å². The van der Waals surface area contributed by atoms with Crippen LogP contribution in [0.5, 0.6) is 0 Å². The molecule has 0 aromatic carbocycles. The van der Waals surface area contributed by atoms with Gasteiger partial charge in [-0.1, -0.05) is 19.3 Å². The summed E-state index contributed by atoms with van der Waals surface area (Å²) in [4.78, 5) is 25.4. The highest BCUT2D eigenvalue weighted by molar-refractivity contribution is 5.83. The Morgan fingerprint density at radius 1 is 1.24 bits per heavy atom. The van der Waals surface area contributed by atoms with E-state index >= 15 is 0 Å². The topological polar surface area (TPSA) is 93.4 Å². The smallest absolute Gasteiger partial charge is 0.326 e. The van der Waals surface area contributed by atoms with Gasteiger partial charge in [0.2, 0.25) is 0 Å². The highest BCUT2D eigenvalue weighted by atomic mass is 16.4. The zero-order valence-corrected chi connectivity index (χ0v) is 12.3. The Morgan fingerprint density at radius 3 is 2.43 bits per heavy atom. The summed E-state index contributed by atoms with van der Waals surface area (Å²) in [6.45, 7) is 0.379. The largest absolute Gasteiger partial charge is 0.480 e. The van der Waals surface area contributed by atoms with E-state index in [0.717, 1.165) is 44.9 Å². The molecule has 0 spiro atoms. The third kappa shape index (κ3) is 4.35. The molecule has 2 aliphatic rings. The predicted octanol–water partition coefficient (Wildman–Crippen LogP) is 2.11. The lowest BCUT2D eigenvalue weighted by Crippen LogP contribution is -2.52. The van der Waals surface area contributed by atoms with Crippen molar-refractivity contribution in [3.63, 3.8) is 0 Å². The number of carbonyl (C=O) groups excluding carboxylic acids is 1. The number of carboxylic acids is 1. The van der Waals surface area contributed by atoms with Crippen LogP contribution in [0.3, 0.4) is 0 Å². The molecule has 1 atom stereocenters. The summed E-state index contributed by atoms with van der Waals surface area (Å²) in [6.07, 6.45) is 7.10. The van der Waals surface area contributed by atoms with Gasteiger partial charge in [-0.25, -0.2) is 9.59 Å². The highest BCUT2D eigenvalue weighted by Crippen LogP contribution is 2.29. The number of nitrogens with zero attached hydrogens (tertiary/aromatic N) is 2. The van der Waals surface area contributed by atoms with Crippen molar-refractivity contribution >= 4 is 12.0 Å². The van der Waals surface area contributed by atoms with Crippen molar-refractivity contribution in [1.82, 2.24) is 10.2 Å². The van der Waals surface area contributed by atoms with E-state index in [2.05, 4.69) is 5.32 Å². The Hall–Kier alpha value is -1.77. The minimum absolute atomic E-state index is 0.0252. The average Bonchev–Trinajstić information content (AvgIpc) is 3.30. The van der Waals surface area contributed by atoms with Gasteiger partial charge in [-0.2, -0.15) is 5.26 Å². The zero-order valence-electron chi connectivity index (χ0n) is 12.3. The van der Waals surface area contributed by atoms with Crippen LogP contribution in [0.2, 0.25) is 0 Å². The third-order valence-corrected chi connectivity index (χ3v) is 4.38. The van der Waals surface area contributed by atoms with Crippen LogP contribution in [-0.4, -0.2) is 40.6 Å². The molecule has 2 rings (SSSR count). The van der Waals surface area contributed by atoms with E-state index in [1.165, 1.54) is 0 Å². The van der Waals surface area contributed by atoms with E-state index < -0.39 is 12.0 Å². The van der Waals surface area contributed by atoms with Crippen molar-refractivity contribution in [2.45, 2.75) is 63.5 Å². The van der Waals surface area contributed by atoms with Crippen LogP contribution in [-0.2, 0) is 4.79 Å². The fraction of sp³-hybridized carbons (Fsp3) is 0.800. The molecule has 6 nitrogen and oxygen atoms in total. The summed E-state index contributed by atoms with van der Waals surface area (Å²) < 4.78 is 0. The molecule has 116 valence electrons. The summed E-state index contributed by atoms with van der Waals surface area (Å²) in [6, 6.07) is 1.08. The van der Waals surface area contributed by atoms with Crippen molar-refractivity contribution in [2.24, 2.45) is 5.92 Å². The third-order valence-electron chi connectivity index (χ3n) is 4.38. The van der Waals surface area contributed by atoms with Gasteiger partial charge in [0.25, 0.3) is 0 Å². The number of amides is 2. The molecule has 0 radical (unpaired) electrons. The number of hydrogen-bond donors (Lipinski definition) is 2. The molecule has 6 heteroatoms. The Morgan fingerprint density at radius 2 is 1.90 bits per heavy atom. The van der Waals surface area contributed by atoms with E-state index in [1.807, 2.05) is 6.07 Å². The molecule has 0 aliphatic heterocycles. The van der Waals surface area contributed by atoms with E-state index in [0.29, 0.717) is 6.54 Å². The number of hydrogen-bond acceptors (Lipinski definition) is 3. The molecular weight excluding hydrogens is 270 g/mol. The minimum Gasteiger partial charge on any atom is -0.480 e. The van der Waals surface area contributed by atoms with Gasteiger partial charge in [0.15, 0.2) is 0 Å². The van der Waals surface area contributed by atoms with Crippen molar-refractivity contribution in [1.29, 1.82) is 5.26 Å². The monoisotopic (exact) mass is 293 g/mol. The van der Waals surface area contributed by atoms with E-state index in [-0.39, 0.29) is 24.4 Å². The van der Waals surface area contributed by atoms with E-state index in [9.17, 15) is 14.7 Å². The average molecular weight is 293 g/mol. The lowest BCUT2D eigenvalue weighted by atomic mass is 9.84. The summed E-state index contributed by atoms with van der Waals surface area (Å²) in [5, 5.41) is 20.8. The van der Waals surface area contributed by atoms with Crippen molar-refractivity contribution in [3.8, 4) is 6.07 Å². The molecule has 1 unspecified atom stereocenters. The Kier molecular flexibility index (Phi) is 5.43. The number of urea groups is 1. The van der Waals surface area contributed by atoms with Crippen LogP contribution < -0.4 is 5.32 Å². The summed E-state index contributed by atoms with van der Waals surface area (Å²) >= 11 is 0. The van der Waals surface area contributed by atoms with Crippen molar-refractivity contribution < 1.29 is 14.7 Å². The van der Waals surface area contributed by atoms with E-state index in [4.69, 9.17) is 5.26 Å². The van der Waals surface area contributed by atoms with Gasteiger partial charge < -0.3 is 15.3 Å². The molecule has 2 amide bonds. The quantitative estimate of drug-likeness (QED) is 0.784. The number of nitrogens with one attached hydrogen (secondary N) is 1. The second-order valence-electron chi connectivity index (χ2n) is 6.00. The number of aliphatic carboxylic acids is 1. The summed E-state index contributed by atoms with van der Waals surface area (Å²) in [5.74, 6) is -0.927. The van der Waals surface area contributed by atoms with Crippen molar-refractivity contribution in [2.75, 3.05) is 6.54 Å². The van der Waals surface area contributed by atoms with Crippen LogP contribution in [0.4, 0.5) is 4.79 Å². The highest BCUT2D eigenvalue weighted by Gasteiger charge is 2.36.